The van der Waals surface area contributed by atoms with Crippen LogP contribution in [0.2, 0.25) is 0 Å². The molecule has 3 N–H and O–H groups in total. The first-order valence-electron chi connectivity index (χ1n) is 6.36. The summed E-state index contributed by atoms with van der Waals surface area (Å²) >= 11 is 0. The highest BCUT2D eigenvalue weighted by molar-refractivity contribution is 5.85. The number of nitrogens with zero attached hydrogens (tertiary/aromatic N) is 1. The Hall–Kier alpha value is -0.0300. The van der Waals surface area contributed by atoms with Gasteiger partial charge >= 0.3 is 0 Å². The minimum absolute atomic E-state index is 0. The highest BCUT2D eigenvalue weighted by Gasteiger charge is 2.36. The Labute approximate surface area is 122 Å². The quantitative estimate of drug-likeness (QED) is 0.808. The van der Waals surface area contributed by atoms with Gasteiger partial charge in [-0.15, -0.1) is 24.8 Å². The summed E-state index contributed by atoms with van der Waals surface area (Å²) in [5.41, 5.74) is 5.57. The number of hydrogen-bond acceptors (Lipinski definition) is 3. The molecule has 2 bridgehead atoms. The molecular formula is C12H25Cl2N3O. The lowest BCUT2D eigenvalue weighted by Crippen LogP contribution is -2.56. The van der Waals surface area contributed by atoms with Gasteiger partial charge < -0.3 is 16.0 Å². The molecule has 2 fully saturated rings. The minimum Gasteiger partial charge on any atom is -0.352 e. The van der Waals surface area contributed by atoms with Crippen molar-refractivity contribution in [3.63, 3.8) is 0 Å². The molecule has 0 spiro atoms. The van der Waals surface area contributed by atoms with Crippen LogP contribution in [-0.2, 0) is 4.79 Å². The fourth-order valence-corrected chi connectivity index (χ4v) is 3.07. The van der Waals surface area contributed by atoms with Gasteiger partial charge in [-0.2, -0.15) is 0 Å². The predicted molar refractivity (Wildman–Crippen MR) is 78.5 cm³/mol. The van der Waals surface area contributed by atoms with Crippen molar-refractivity contribution in [3.05, 3.63) is 0 Å². The van der Waals surface area contributed by atoms with Crippen LogP contribution in [0, 0.1) is 0 Å². The summed E-state index contributed by atoms with van der Waals surface area (Å²) < 4.78 is 0. The average molecular weight is 298 g/mol. The summed E-state index contributed by atoms with van der Waals surface area (Å²) in [5, 5.41) is 3.08. The van der Waals surface area contributed by atoms with Crippen LogP contribution in [0.25, 0.3) is 0 Å². The van der Waals surface area contributed by atoms with E-state index in [-0.39, 0.29) is 36.8 Å². The highest BCUT2D eigenvalue weighted by atomic mass is 35.5. The zero-order valence-corrected chi connectivity index (χ0v) is 12.7. The van der Waals surface area contributed by atoms with Gasteiger partial charge in [0, 0.05) is 18.1 Å². The normalized spacial score (nSPS) is 32.7. The molecule has 2 rings (SSSR count). The Morgan fingerprint density at radius 1 is 1.28 bits per heavy atom. The standard InChI is InChI=1S/C12H23N3O.2ClH/c1-8(13)12(16)14-9-6-10-4-3-5-11(7-9)15(10)2;;/h8-11H,3-7,13H2,1-2H3,(H,14,16);2*1H. The third-order valence-corrected chi connectivity index (χ3v) is 4.10. The lowest BCUT2D eigenvalue weighted by atomic mass is 9.82. The van der Waals surface area contributed by atoms with Crippen LogP contribution in [-0.4, -0.2) is 42.0 Å². The Bertz CT molecular complexity index is 262. The van der Waals surface area contributed by atoms with Gasteiger partial charge in [0.25, 0.3) is 0 Å². The number of hydrogen-bond donors (Lipinski definition) is 2. The maximum Gasteiger partial charge on any atom is 0.236 e. The van der Waals surface area contributed by atoms with E-state index in [4.69, 9.17) is 5.73 Å². The lowest BCUT2D eigenvalue weighted by Gasteiger charge is -2.47. The molecule has 0 aromatic heterocycles. The number of carbonyl (C=O) groups is 1. The second kappa shape index (κ2) is 7.53. The predicted octanol–water partition coefficient (Wildman–Crippen LogP) is 1.31. The summed E-state index contributed by atoms with van der Waals surface area (Å²) in [6.07, 6.45) is 6.07. The van der Waals surface area contributed by atoms with Crippen LogP contribution in [0.1, 0.15) is 39.0 Å². The number of rotatable bonds is 2. The lowest BCUT2D eigenvalue weighted by molar-refractivity contribution is -0.123. The molecule has 0 saturated carbocycles. The molecule has 3 unspecified atom stereocenters. The molecule has 2 aliphatic heterocycles. The second-order valence-corrected chi connectivity index (χ2v) is 5.37. The number of amides is 1. The largest absolute Gasteiger partial charge is 0.352 e. The molecule has 6 heteroatoms. The second-order valence-electron chi connectivity index (χ2n) is 5.37. The first-order valence-corrected chi connectivity index (χ1v) is 6.36. The van der Waals surface area contributed by atoms with Gasteiger partial charge in [0.2, 0.25) is 5.91 Å². The van der Waals surface area contributed by atoms with Gasteiger partial charge in [-0.05, 0) is 39.7 Å². The maximum atomic E-state index is 11.6. The molecule has 0 aromatic carbocycles. The van der Waals surface area contributed by atoms with Crippen LogP contribution < -0.4 is 11.1 Å². The Kier molecular flexibility index (Phi) is 7.52. The van der Waals surface area contributed by atoms with Crippen molar-refractivity contribution in [2.75, 3.05) is 7.05 Å². The van der Waals surface area contributed by atoms with Crippen LogP contribution >= 0.6 is 24.8 Å². The van der Waals surface area contributed by atoms with E-state index in [1.165, 1.54) is 19.3 Å². The first kappa shape index (κ1) is 18.0. The van der Waals surface area contributed by atoms with E-state index in [9.17, 15) is 4.79 Å². The number of piperidine rings is 2. The summed E-state index contributed by atoms with van der Waals surface area (Å²) in [5.74, 6) is -0.00683. The van der Waals surface area contributed by atoms with Gasteiger partial charge in [0.05, 0.1) is 6.04 Å². The zero-order chi connectivity index (χ0) is 11.7. The van der Waals surface area contributed by atoms with Crippen molar-refractivity contribution in [1.29, 1.82) is 0 Å². The van der Waals surface area contributed by atoms with Crippen LogP contribution in [0.5, 0.6) is 0 Å². The Morgan fingerprint density at radius 3 is 2.22 bits per heavy atom. The molecule has 0 radical (unpaired) electrons. The zero-order valence-electron chi connectivity index (χ0n) is 11.1. The molecular weight excluding hydrogens is 273 g/mol. The number of halogens is 2. The summed E-state index contributed by atoms with van der Waals surface area (Å²) in [6.45, 7) is 1.74. The molecule has 0 aliphatic carbocycles. The summed E-state index contributed by atoms with van der Waals surface area (Å²) in [7, 11) is 2.22. The molecule has 2 aliphatic rings. The van der Waals surface area contributed by atoms with E-state index in [0.29, 0.717) is 18.1 Å². The first-order chi connectivity index (χ1) is 7.58. The SMILES string of the molecule is CC(N)C(=O)NC1CC2CCCC(C1)N2C.Cl.Cl. The van der Waals surface area contributed by atoms with Gasteiger partial charge in [0.15, 0.2) is 0 Å². The van der Waals surface area contributed by atoms with Crippen molar-refractivity contribution in [1.82, 2.24) is 10.2 Å². The van der Waals surface area contributed by atoms with Gasteiger partial charge in [-0.25, -0.2) is 0 Å². The Balaban J connectivity index is 0.00000144. The number of nitrogens with two attached hydrogens (primary N) is 1. The van der Waals surface area contributed by atoms with E-state index in [0.717, 1.165) is 12.8 Å². The van der Waals surface area contributed by atoms with Crippen molar-refractivity contribution < 1.29 is 4.79 Å². The third-order valence-electron chi connectivity index (χ3n) is 4.10. The fraction of sp³-hybridized carbons (Fsp3) is 0.917. The molecule has 3 atom stereocenters. The monoisotopic (exact) mass is 297 g/mol. The molecule has 2 heterocycles. The van der Waals surface area contributed by atoms with Crippen LogP contribution in [0.15, 0.2) is 0 Å². The van der Waals surface area contributed by atoms with Crippen molar-refractivity contribution in [2.45, 2.75) is 63.2 Å². The highest BCUT2D eigenvalue weighted by Crippen LogP contribution is 2.32. The van der Waals surface area contributed by atoms with Crippen LogP contribution in [0.4, 0.5) is 0 Å². The van der Waals surface area contributed by atoms with E-state index >= 15 is 0 Å². The van der Waals surface area contributed by atoms with Gasteiger partial charge in [-0.3, -0.25) is 4.79 Å². The van der Waals surface area contributed by atoms with Crippen molar-refractivity contribution in [3.8, 4) is 0 Å². The molecule has 1 amide bonds. The van der Waals surface area contributed by atoms with Crippen molar-refractivity contribution in [2.24, 2.45) is 5.73 Å². The van der Waals surface area contributed by atoms with E-state index in [1.807, 2.05) is 0 Å². The summed E-state index contributed by atoms with van der Waals surface area (Å²) in [4.78, 5) is 14.1. The summed E-state index contributed by atoms with van der Waals surface area (Å²) in [6, 6.07) is 1.27. The molecule has 2 saturated heterocycles. The third kappa shape index (κ3) is 3.98. The van der Waals surface area contributed by atoms with Crippen molar-refractivity contribution >= 4 is 30.7 Å². The van der Waals surface area contributed by atoms with Crippen LogP contribution in [0.3, 0.4) is 0 Å². The molecule has 0 aromatic rings. The number of fused-ring (bicyclic) bond motifs is 2. The van der Waals surface area contributed by atoms with Gasteiger partial charge in [-0.1, -0.05) is 6.42 Å². The van der Waals surface area contributed by atoms with E-state index in [2.05, 4.69) is 17.3 Å². The van der Waals surface area contributed by atoms with Gasteiger partial charge in [0.1, 0.15) is 0 Å². The minimum atomic E-state index is -0.389. The molecule has 18 heavy (non-hydrogen) atoms. The fourth-order valence-electron chi connectivity index (χ4n) is 3.07. The molecule has 4 nitrogen and oxygen atoms in total. The number of carbonyl (C=O) groups excluding carboxylic acids is 1. The van der Waals surface area contributed by atoms with E-state index < -0.39 is 0 Å². The average Bonchev–Trinajstić information content (AvgIpc) is 2.19. The topological polar surface area (TPSA) is 58.4 Å². The smallest absolute Gasteiger partial charge is 0.236 e. The van der Waals surface area contributed by atoms with E-state index in [1.54, 1.807) is 6.92 Å². The Morgan fingerprint density at radius 2 is 1.78 bits per heavy atom. The number of nitrogens with one attached hydrogen (secondary N) is 1. The molecule has 108 valence electrons. The maximum absolute atomic E-state index is 11.6.